The Morgan fingerprint density at radius 1 is 1.69 bits per heavy atom. The Morgan fingerprint density at radius 3 is 3.00 bits per heavy atom. The lowest BCUT2D eigenvalue weighted by molar-refractivity contribution is 0.170. The van der Waals surface area contributed by atoms with Crippen LogP contribution in [0.4, 0.5) is 0 Å². The number of hydrogen-bond donors (Lipinski definition) is 1. The van der Waals surface area contributed by atoms with Gasteiger partial charge in [-0.25, -0.2) is 0 Å². The molecular weight excluding hydrogens is 248 g/mol. The molecule has 1 atom stereocenters. The molecule has 0 spiro atoms. The van der Waals surface area contributed by atoms with Gasteiger partial charge in [-0.05, 0) is 46.3 Å². The first-order valence-electron chi connectivity index (χ1n) is 4.05. The highest BCUT2D eigenvalue weighted by Gasteiger charge is 2.07. The third kappa shape index (κ3) is 3.51. The van der Waals surface area contributed by atoms with Gasteiger partial charge in [0.2, 0.25) is 0 Å². The van der Waals surface area contributed by atoms with Crippen molar-refractivity contribution in [3.05, 3.63) is 20.8 Å². The number of aliphatic hydroxyl groups excluding tert-OH is 1. The molecule has 0 amide bonds. The summed E-state index contributed by atoms with van der Waals surface area (Å²) in [5.41, 5.74) is 0.981. The first-order valence-corrected chi connectivity index (χ1v) is 5.73. The van der Waals surface area contributed by atoms with Gasteiger partial charge in [-0.1, -0.05) is 0 Å². The summed E-state index contributed by atoms with van der Waals surface area (Å²) in [6.45, 7) is 1.81. The smallest absolute Gasteiger partial charge is 0.0807 e. The molecule has 1 heterocycles. The molecule has 1 aromatic heterocycles. The first-order chi connectivity index (χ1) is 6.24. The zero-order chi connectivity index (χ0) is 9.68. The number of hydrogen-bond acceptors (Lipinski definition) is 2. The van der Waals surface area contributed by atoms with Crippen molar-refractivity contribution in [2.24, 2.45) is 0 Å². The van der Waals surface area contributed by atoms with E-state index in [2.05, 4.69) is 27.8 Å². The quantitative estimate of drug-likeness (QED) is 0.825. The van der Waals surface area contributed by atoms with E-state index in [4.69, 9.17) is 0 Å². The van der Waals surface area contributed by atoms with Gasteiger partial charge in [0.1, 0.15) is 0 Å². The highest BCUT2D eigenvalue weighted by molar-refractivity contribution is 9.11. The van der Waals surface area contributed by atoms with Crippen LogP contribution in [0.25, 0.3) is 0 Å². The maximum absolute atomic E-state index is 9.68. The van der Waals surface area contributed by atoms with Crippen LogP contribution < -0.4 is 0 Å². The van der Waals surface area contributed by atoms with Crippen LogP contribution in [0.5, 0.6) is 0 Å². The second-order valence-corrected chi connectivity index (χ2v) is 4.96. The van der Waals surface area contributed by atoms with Gasteiger partial charge in [0.15, 0.2) is 0 Å². The van der Waals surface area contributed by atoms with Crippen LogP contribution in [0.2, 0.25) is 0 Å². The average Bonchev–Trinajstić information content (AvgIpc) is 2.52. The lowest BCUT2D eigenvalue weighted by atomic mass is 10.1. The number of rotatable bonds is 3. The van der Waals surface area contributed by atoms with Gasteiger partial charge in [0, 0.05) is 6.42 Å². The van der Waals surface area contributed by atoms with Crippen molar-refractivity contribution in [3.8, 4) is 11.8 Å². The molecule has 70 valence electrons. The summed E-state index contributed by atoms with van der Waals surface area (Å²) in [5, 5.41) is 11.6. The minimum absolute atomic E-state index is 0.372. The molecule has 0 aromatic carbocycles. The predicted molar refractivity (Wildman–Crippen MR) is 59.7 cm³/mol. The van der Waals surface area contributed by atoms with Crippen LogP contribution in [0, 0.1) is 11.8 Å². The van der Waals surface area contributed by atoms with Crippen molar-refractivity contribution in [1.29, 1.82) is 0 Å². The Labute approximate surface area is 90.9 Å². The third-order valence-corrected chi connectivity index (χ3v) is 3.21. The van der Waals surface area contributed by atoms with E-state index in [1.54, 1.807) is 11.3 Å². The zero-order valence-electron chi connectivity index (χ0n) is 7.38. The fourth-order valence-corrected chi connectivity index (χ4v) is 2.22. The first kappa shape index (κ1) is 10.8. The maximum atomic E-state index is 9.68. The van der Waals surface area contributed by atoms with Crippen molar-refractivity contribution in [3.63, 3.8) is 0 Å². The fraction of sp³-hybridized carbons (Fsp3) is 0.400. The summed E-state index contributed by atoms with van der Waals surface area (Å²) in [6, 6.07) is 1.95. The Hall–Kier alpha value is -0.300. The Balaban J connectivity index is 2.47. The molecule has 1 unspecified atom stereocenters. The van der Waals surface area contributed by atoms with Crippen LogP contribution in [0.1, 0.15) is 31.4 Å². The normalized spacial score (nSPS) is 11.9. The van der Waals surface area contributed by atoms with E-state index in [9.17, 15) is 5.11 Å². The molecule has 13 heavy (non-hydrogen) atoms. The summed E-state index contributed by atoms with van der Waals surface area (Å²) < 4.78 is 1.06. The molecule has 0 aliphatic rings. The van der Waals surface area contributed by atoms with Gasteiger partial charge in [-0.2, -0.15) is 0 Å². The Bertz CT molecular complexity index is 321. The molecule has 0 radical (unpaired) electrons. The number of aliphatic hydroxyl groups is 1. The molecule has 0 saturated carbocycles. The lowest BCUT2D eigenvalue weighted by Gasteiger charge is -2.04. The van der Waals surface area contributed by atoms with Gasteiger partial charge in [0.25, 0.3) is 0 Å². The molecule has 0 fully saturated rings. The molecule has 1 N–H and O–H groups in total. The molecular formula is C10H11BrOS. The molecule has 0 bridgehead atoms. The minimum atomic E-state index is -0.372. The summed E-state index contributed by atoms with van der Waals surface area (Å²) in [6.07, 6.45) is 1.10. The monoisotopic (exact) mass is 258 g/mol. The van der Waals surface area contributed by atoms with Crippen molar-refractivity contribution in [2.75, 3.05) is 0 Å². The molecule has 0 saturated heterocycles. The maximum Gasteiger partial charge on any atom is 0.0807 e. The molecule has 0 aliphatic heterocycles. The topological polar surface area (TPSA) is 20.2 Å². The van der Waals surface area contributed by atoms with Crippen molar-refractivity contribution in [2.45, 2.75) is 25.9 Å². The number of halogens is 1. The van der Waals surface area contributed by atoms with E-state index in [-0.39, 0.29) is 6.10 Å². The molecule has 1 aromatic rings. The van der Waals surface area contributed by atoms with Crippen LogP contribution in [-0.4, -0.2) is 5.11 Å². The van der Waals surface area contributed by atoms with Gasteiger partial charge in [0.05, 0.1) is 9.89 Å². The SMILES string of the molecule is CC#CCCC(O)c1csc(Br)c1. The van der Waals surface area contributed by atoms with Crippen LogP contribution in [-0.2, 0) is 0 Å². The van der Waals surface area contributed by atoms with Crippen molar-refractivity contribution >= 4 is 27.3 Å². The van der Waals surface area contributed by atoms with Crippen LogP contribution in [0.15, 0.2) is 15.2 Å². The zero-order valence-corrected chi connectivity index (χ0v) is 9.78. The fourth-order valence-electron chi connectivity index (χ4n) is 0.999. The highest BCUT2D eigenvalue weighted by Crippen LogP contribution is 2.27. The van der Waals surface area contributed by atoms with E-state index < -0.39 is 0 Å². The van der Waals surface area contributed by atoms with Crippen LogP contribution >= 0.6 is 27.3 Å². The highest BCUT2D eigenvalue weighted by atomic mass is 79.9. The average molecular weight is 259 g/mol. The molecule has 1 nitrogen and oxygen atoms in total. The lowest BCUT2D eigenvalue weighted by Crippen LogP contribution is -1.93. The van der Waals surface area contributed by atoms with Crippen molar-refractivity contribution < 1.29 is 5.11 Å². The van der Waals surface area contributed by atoms with Gasteiger partial charge in [-0.15, -0.1) is 23.2 Å². The number of thiophene rings is 1. The molecule has 1 rings (SSSR count). The molecule has 0 aliphatic carbocycles. The van der Waals surface area contributed by atoms with E-state index in [1.165, 1.54) is 0 Å². The summed E-state index contributed by atoms with van der Waals surface area (Å²) in [7, 11) is 0. The molecule has 3 heteroatoms. The third-order valence-electron chi connectivity index (χ3n) is 1.69. The summed E-state index contributed by atoms with van der Waals surface area (Å²) >= 11 is 4.95. The van der Waals surface area contributed by atoms with Gasteiger partial charge in [-0.3, -0.25) is 0 Å². The predicted octanol–water partition coefficient (Wildman–Crippen LogP) is 3.35. The Kier molecular flexibility index (Phi) is 4.51. The van der Waals surface area contributed by atoms with E-state index in [1.807, 2.05) is 18.4 Å². The second-order valence-electron chi connectivity index (χ2n) is 2.67. The Morgan fingerprint density at radius 2 is 2.46 bits per heavy atom. The summed E-state index contributed by atoms with van der Waals surface area (Å²) in [5.74, 6) is 5.75. The minimum Gasteiger partial charge on any atom is -0.388 e. The van der Waals surface area contributed by atoms with Crippen LogP contribution in [0.3, 0.4) is 0 Å². The van der Waals surface area contributed by atoms with Gasteiger partial charge < -0.3 is 5.11 Å². The van der Waals surface area contributed by atoms with E-state index in [0.29, 0.717) is 6.42 Å². The second kappa shape index (κ2) is 5.43. The standard InChI is InChI=1S/C10H11BrOS/c1-2-3-4-5-9(12)8-6-10(11)13-7-8/h6-7,9,12H,4-5H2,1H3. The van der Waals surface area contributed by atoms with Crippen molar-refractivity contribution in [1.82, 2.24) is 0 Å². The van der Waals surface area contributed by atoms with Gasteiger partial charge >= 0.3 is 0 Å². The van der Waals surface area contributed by atoms with E-state index >= 15 is 0 Å². The van der Waals surface area contributed by atoms with E-state index in [0.717, 1.165) is 15.8 Å². The summed E-state index contributed by atoms with van der Waals surface area (Å²) in [4.78, 5) is 0. The largest absolute Gasteiger partial charge is 0.388 e.